The van der Waals surface area contributed by atoms with E-state index in [1.54, 1.807) is 18.3 Å². The Morgan fingerprint density at radius 2 is 2.26 bits per heavy atom. The lowest BCUT2D eigenvalue weighted by atomic mass is 10.4. The number of halogens is 1. The van der Waals surface area contributed by atoms with Crippen molar-refractivity contribution in [1.29, 1.82) is 0 Å². The first-order chi connectivity index (χ1) is 11.2. The molecule has 122 valence electrons. The van der Waals surface area contributed by atoms with Gasteiger partial charge < -0.3 is 15.0 Å². The normalized spacial score (nSPS) is 14.7. The zero-order chi connectivity index (χ0) is 16.1. The lowest BCUT2D eigenvalue weighted by molar-refractivity contribution is -0.113. The highest BCUT2D eigenvalue weighted by atomic mass is 35.5. The molecule has 23 heavy (non-hydrogen) atoms. The third-order valence-corrected chi connectivity index (χ3v) is 5.46. The van der Waals surface area contributed by atoms with Crippen molar-refractivity contribution in [3.05, 3.63) is 23.5 Å². The SMILES string of the molecule is O=C(CSc1nnc(N2CCOCC2)s1)Nc1cccnc1Cl. The van der Waals surface area contributed by atoms with E-state index in [1.165, 1.54) is 23.1 Å². The van der Waals surface area contributed by atoms with Crippen molar-refractivity contribution in [1.82, 2.24) is 15.2 Å². The van der Waals surface area contributed by atoms with Gasteiger partial charge in [-0.25, -0.2) is 4.98 Å². The summed E-state index contributed by atoms with van der Waals surface area (Å²) in [7, 11) is 0. The molecule has 10 heteroatoms. The molecule has 1 amide bonds. The number of pyridine rings is 1. The van der Waals surface area contributed by atoms with Gasteiger partial charge in [0, 0.05) is 19.3 Å². The molecule has 1 saturated heterocycles. The minimum atomic E-state index is -0.159. The highest BCUT2D eigenvalue weighted by molar-refractivity contribution is 8.01. The van der Waals surface area contributed by atoms with Crippen LogP contribution in [0.1, 0.15) is 0 Å². The number of aromatic nitrogens is 3. The molecule has 2 aromatic rings. The summed E-state index contributed by atoms with van der Waals surface area (Å²) >= 11 is 8.74. The second kappa shape index (κ2) is 7.91. The Labute approximate surface area is 146 Å². The lowest BCUT2D eigenvalue weighted by Crippen LogP contribution is -2.36. The molecule has 1 N–H and O–H groups in total. The monoisotopic (exact) mass is 371 g/mol. The van der Waals surface area contributed by atoms with Gasteiger partial charge in [0.25, 0.3) is 0 Å². The fourth-order valence-electron chi connectivity index (χ4n) is 1.94. The van der Waals surface area contributed by atoms with E-state index in [2.05, 4.69) is 25.4 Å². The largest absolute Gasteiger partial charge is 0.378 e. The first-order valence-electron chi connectivity index (χ1n) is 6.92. The molecule has 0 spiro atoms. The maximum atomic E-state index is 12.0. The summed E-state index contributed by atoms with van der Waals surface area (Å²) in [6, 6.07) is 3.42. The zero-order valence-electron chi connectivity index (χ0n) is 12.1. The van der Waals surface area contributed by atoms with Crippen LogP contribution in [0, 0.1) is 0 Å². The topological polar surface area (TPSA) is 80.2 Å². The summed E-state index contributed by atoms with van der Waals surface area (Å²) in [5.41, 5.74) is 0.506. The molecule has 1 aliphatic heterocycles. The summed E-state index contributed by atoms with van der Waals surface area (Å²) in [6.45, 7) is 3.05. The number of morpholine rings is 1. The van der Waals surface area contributed by atoms with Crippen molar-refractivity contribution in [2.24, 2.45) is 0 Å². The Hall–Kier alpha value is -1.42. The summed E-state index contributed by atoms with van der Waals surface area (Å²) in [4.78, 5) is 18.0. The summed E-state index contributed by atoms with van der Waals surface area (Å²) in [6.07, 6.45) is 1.57. The van der Waals surface area contributed by atoms with E-state index in [0.29, 0.717) is 18.9 Å². The van der Waals surface area contributed by atoms with E-state index in [1.807, 2.05) is 0 Å². The first kappa shape index (κ1) is 16.4. The van der Waals surface area contributed by atoms with Gasteiger partial charge in [0.05, 0.1) is 24.7 Å². The number of nitrogens with zero attached hydrogens (tertiary/aromatic N) is 4. The van der Waals surface area contributed by atoms with Crippen molar-refractivity contribution in [2.45, 2.75) is 4.34 Å². The van der Waals surface area contributed by atoms with E-state index in [0.717, 1.165) is 22.6 Å². The van der Waals surface area contributed by atoms with Crippen LogP contribution in [-0.2, 0) is 9.53 Å². The predicted molar refractivity (Wildman–Crippen MR) is 91.5 cm³/mol. The molecule has 2 aromatic heterocycles. The Morgan fingerprint density at radius 3 is 3.04 bits per heavy atom. The molecular weight excluding hydrogens is 358 g/mol. The number of anilines is 2. The molecule has 0 aliphatic carbocycles. The van der Waals surface area contributed by atoms with Gasteiger partial charge in [0.15, 0.2) is 9.49 Å². The van der Waals surface area contributed by atoms with E-state index in [9.17, 15) is 4.79 Å². The number of thioether (sulfide) groups is 1. The number of nitrogens with one attached hydrogen (secondary N) is 1. The molecule has 0 atom stereocenters. The Bertz CT molecular complexity index is 678. The molecular formula is C13H14ClN5O2S2. The average molecular weight is 372 g/mol. The first-order valence-corrected chi connectivity index (χ1v) is 9.10. The summed E-state index contributed by atoms with van der Waals surface area (Å²) in [5, 5.41) is 12.2. The van der Waals surface area contributed by atoms with Crippen LogP contribution in [-0.4, -0.2) is 53.1 Å². The van der Waals surface area contributed by atoms with Gasteiger partial charge in [-0.05, 0) is 12.1 Å². The van der Waals surface area contributed by atoms with E-state index in [-0.39, 0.29) is 16.8 Å². The average Bonchev–Trinajstić information content (AvgIpc) is 3.05. The summed E-state index contributed by atoms with van der Waals surface area (Å²) < 4.78 is 6.08. The van der Waals surface area contributed by atoms with Gasteiger partial charge in [-0.2, -0.15) is 0 Å². The number of ether oxygens (including phenoxy) is 1. The van der Waals surface area contributed by atoms with Crippen LogP contribution in [0.15, 0.2) is 22.7 Å². The van der Waals surface area contributed by atoms with Gasteiger partial charge in [-0.15, -0.1) is 10.2 Å². The van der Waals surface area contributed by atoms with Crippen molar-refractivity contribution < 1.29 is 9.53 Å². The maximum absolute atomic E-state index is 12.0. The number of amides is 1. The third kappa shape index (κ3) is 4.54. The third-order valence-electron chi connectivity index (χ3n) is 3.04. The van der Waals surface area contributed by atoms with Crippen molar-refractivity contribution in [3.8, 4) is 0 Å². The second-order valence-electron chi connectivity index (χ2n) is 4.63. The van der Waals surface area contributed by atoms with Gasteiger partial charge >= 0.3 is 0 Å². The van der Waals surface area contributed by atoms with Crippen LogP contribution in [0.4, 0.5) is 10.8 Å². The van der Waals surface area contributed by atoms with Crippen molar-refractivity contribution >= 4 is 51.4 Å². The van der Waals surface area contributed by atoms with E-state index < -0.39 is 0 Å². The Kier molecular flexibility index (Phi) is 5.65. The van der Waals surface area contributed by atoms with Gasteiger partial charge in [-0.1, -0.05) is 34.7 Å². The standard InChI is InChI=1S/C13H14ClN5O2S2/c14-11-9(2-1-3-15-11)16-10(20)8-22-13-18-17-12(23-13)19-4-6-21-7-5-19/h1-3H,4-8H2,(H,16,20). The Balaban J connectivity index is 1.51. The van der Waals surface area contributed by atoms with Gasteiger partial charge in [-0.3, -0.25) is 4.79 Å². The van der Waals surface area contributed by atoms with Crippen LogP contribution >= 0.6 is 34.7 Å². The number of carbonyl (C=O) groups is 1. The maximum Gasteiger partial charge on any atom is 0.234 e. The zero-order valence-corrected chi connectivity index (χ0v) is 14.5. The number of hydrogen-bond acceptors (Lipinski definition) is 8. The second-order valence-corrected chi connectivity index (χ2v) is 7.17. The van der Waals surface area contributed by atoms with Crippen LogP contribution in [0.25, 0.3) is 0 Å². The van der Waals surface area contributed by atoms with Crippen LogP contribution in [0.5, 0.6) is 0 Å². The molecule has 3 heterocycles. The quantitative estimate of drug-likeness (QED) is 0.637. The van der Waals surface area contributed by atoms with Gasteiger partial charge in [0.1, 0.15) is 0 Å². The van der Waals surface area contributed by atoms with E-state index >= 15 is 0 Å². The molecule has 1 aliphatic rings. The molecule has 0 radical (unpaired) electrons. The smallest absolute Gasteiger partial charge is 0.234 e. The molecule has 0 saturated carbocycles. The number of hydrogen-bond donors (Lipinski definition) is 1. The fraction of sp³-hybridized carbons (Fsp3) is 0.385. The van der Waals surface area contributed by atoms with Crippen LogP contribution in [0.2, 0.25) is 5.15 Å². The highest BCUT2D eigenvalue weighted by Crippen LogP contribution is 2.28. The summed E-state index contributed by atoms with van der Waals surface area (Å²) in [5.74, 6) is 0.0798. The Morgan fingerprint density at radius 1 is 1.43 bits per heavy atom. The molecule has 0 unspecified atom stereocenters. The van der Waals surface area contributed by atoms with Crippen LogP contribution < -0.4 is 10.2 Å². The molecule has 3 rings (SSSR count). The lowest BCUT2D eigenvalue weighted by Gasteiger charge is -2.25. The van der Waals surface area contributed by atoms with Crippen molar-refractivity contribution in [3.63, 3.8) is 0 Å². The van der Waals surface area contributed by atoms with Crippen LogP contribution in [0.3, 0.4) is 0 Å². The molecule has 1 fully saturated rings. The minimum absolute atomic E-state index is 0.159. The highest BCUT2D eigenvalue weighted by Gasteiger charge is 2.16. The number of rotatable bonds is 5. The molecule has 0 aromatic carbocycles. The predicted octanol–water partition coefficient (Wildman–Crippen LogP) is 2.15. The molecule has 7 nitrogen and oxygen atoms in total. The fourth-order valence-corrected chi connectivity index (χ4v) is 3.80. The van der Waals surface area contributed by atoms with E-state index in [4.69, 9.17) is 16.3 Å². The molecule has 0 bridgehead atoms. The van der Waals surface area contributed by atoms with Crippen molar-refractivity contribution in [2.75, 3.05) is 42.3 Å². The van der Waals surface area contributed by atoms with Gasteiger partial charge in [0.2, 0.25) is 11.0 Å². The minimum Gasteiger partial charge on any atom is -0.378 e. The number of carbonyl (C=O) groups excluding carboxylic acids is 1.